The third-order valence-corrected chi connectivity index (χ3v) is 9.83. The van der Waals surface area contributed by atoms with E-state index in [-0.39, 0.29) is 28.8 Å². The third-order valence-electron chi connectivity index (χ3n) is 8.91. The average Bonchev–Trinajstić information content (AvgIpc) is 3.58. The summed E-state index contributed by atoms with van der Waals surface area (Å²) in [6, 6.07) is 4.04. The van der Waals surface area contributed by atoms with E-state index in [4.69, 9.17) is 20.2 Å². The Hall–Kier alpha value is -2.60. The minimum atomic E-state index is -0.672. The number of nitrogens with two attached hydrogens (primary N) is 1. The van der Waals surface area contributed by atoms with Crippen LogP contribution in [0.15, 0.2) is 12.1 Å². The summed E-state index contributed by atoms with van der Waals surface area (Å²) in [5, 5.41) is 3.96. The zero-order valence-electron chi connectivity index (χ0n) is 22.3. The number of fused-ring (bicyclic) bond motifs is 4. The topological polar surface area (TPSA) is 88.8 Å². The number of likely N-dealkylation sites (tertiary alicyclic amines) is 1. The number of nitrogens with zero attached hydrogens (tertiary/aromatic N) is 4. The van der Waals surface area contributed by atoms with Gasteiger partial charge in [0.15, 0.2) is 10.9 Å². The fourth-order valence-electron chi connectivity index (χ4n) is 7.11. The number of benzene rings is 1. The van der Waals surface area contributed by atoms with Gasteiger partial charge in [-0.3, -0.25) is 4.90 Å². The van der Waals surface area contributed by atoms with Crippen molar-refractivity contribution in [2.45, 2.75) is 62.3 Å². The van der Waals surface area contributed by atoms with Crippen molar-refractivity contribution in [2.24, 2.45) is 0 Å². The number of thiazole rings is 1. The molecule has 7 rings (SSSR count). The van der Waals surface area contributed by atoms with Crippen molar-refractivity contribution in [1.29, 1.82) is 0 Å². The van der Waals surface area contributed by atoms with Crippen LogP contribution in [0.4, 0.5) is 19.6 Å². The van der Waals surface area contributed by atoms with Gasteiger partial charge in [-0.25, -0.2) is 18.7 Å². The predicted octanol–water partition coefficient (Wildman–Crippen LogP) is 3.47. The Bertz CT molecular complexity index is 1410. The second-order valence-corrected chi connectivity index (χ2v) is 12.6. The predicted molar refractivity (Wildman–Crippen MR) is 148 cm³/mol. The van der Waals surface area contributed by atoms with Crippen molar-refractivity contribution < 1.29 is 18.3 Å². The Morgan fingerprint density at radius 1 is 1.03 bits per heavy atom. The molecule has 208 valence electrons. The van der Waals surface area contributed by atoms with Crippen LogP contribution in [0.2, 0.25) is 0 Å². The largest absolute Gasteiger partial charge is 0.470 e. The summed E-state index contributed by atoms with van der Waals surface area (Å²) in [7, 11) is 3.78. The summed E-state index contributed by atoms with van der Waals surface area (Å²) in [6.45, 7) is 3.48. The van der Waals surface area contributed by atoms with E-state index in [1.54, 1.807) is 7.11 Å². The number of hydrogen-bond acceptors (Lipinski definition) is 9. The van der Waals surface area contributed by atoms with E-state index in [0.717, 1.165) is 62.1 Å². The molecule has 5 heterocycles. The molecule has 3 N–H and O–H groups in total. The average molecular weight is 557 g/mol. The highest BCUT2D eigenvalue weighted by molar-refractivity contribution is 7.22. The van der Waals surface area contributed by atoms with Gasteiger partial charge in [0.2, 0.25) is 5.88 Å². The Kier molecular flexibility index (Phi) is 6.37. The molecule has 0 saturated carbocycles. The number of aromatic nitrogens is 2. The van der Waals surface area contributed by atoms with Gasteiger partial charge < -0.3 is 25.4 Å². The number of nitrogens with one attached hydrogen (secondary N) is 1. The van der Waals surface area contributed by atoms with Gasteiger partial charge in [0, 0.05) is 68.8 Å². The molecule has 3 fully saturated rings. The second kappa shape index (κ2) is 9.79. The Morgan fingerprint density at radius 2 is 1.79 bits per heavy atom. The molecule has 0 amide bonds. The number of pyridine rings is 1. The second-order valence-electron chi connectivity index (χ2n) is 11.5. The molecule has 8 nitrogen and oxygen atoms in total. The minimum Gasteiger partial charge on any atom is -0.470 e. The van der Waals surface area contributed by atoms with Crippen LogP contribution in [0.1, 0.15) is 42.0 Å². The van der Waals surface area contributed by atoms with Crippen molar-refractivity contribution in [3.8, 4) is 5.88 Å². The van der Waals surface area contributed by atoms with E-state index >= 15 is 4.39 Å². The molecule has 4 aliphatic rings. The molecule has 3 unspecified atom stereocenters. The molecule has 0 radical (unpaired) electrons. The summed E-state index contributed by atoms with van der Waals surface area (Å²) in [5.41, 5.74) is 9.88. The van der Waals surface area contributed by atoms with Crippen LogP contribution in [-0.2, 0) is 17.6 Å². The van der Waals surface area contributed by atoms with E-state index in [1.165, 1.54) is 24.1 Å². The molecule has 3 saturated heterocycles. The molecule has 3 aliphatic heterocycles. The molecule has 11 heteroatoms. The molecule has 3 aromatic rings. The van der Waals surface area contributed by atoms with Gasteiger partial charge in [-0.2, -0.15) is 0 Å². The highest BCUT2D eigenvalue weighted by Crippen LogP contribution is 2.43. The van der Waals surface area contributed by atoms with Crippen molar-refractivity contribution in [3.63, 3.8) is 0 Å². The fourth-order valence-corrected chi connectivity index (χ4v) is 8.07. The van der Waals surface area contributed by atoms with Gasteiger partial charge >= 0.3 is 0 Å². The molecule has 0 spiro atoms. The molecule has 1 aliphatic carbocycles. The lowest BCUT2D eigenvalue weighted by Gasteiger charge is -2.37. The lowest BCUT2D eigenvalue weighted by atomic mass is 9.81. The number of methoxy groups -OCH3 is 1. The highest BCUT2D eigenvalue weighted by atomic mass is 32.1. The standard InChI is InChI=1S/C28H34F2N6O2S/c1-35-12-22(37-2)23(13-35)38-24-9-21(36-10-15-4-5-16(11-36)32-15)17-6-3-14(7-20(17)33-24)25-18(29)8-19(30)26-27(25)39-28(31)34-26/h8-9,14-16,22-23,32H,3-7,10-13H2,1-2H3,(H2,31,34)/t14?,15?,16?,22-,23-/m1/s1. The van der Waals surface area contributed by atoms with Gasteiger partial charge in [-0.1, -0.05) is 11.3 Å². The summed E-state index contributed by atoms with van der Waals surface area (Å²) in [4.78, 5) is 13.8. The SMILES string of the molecule is CO[C@@H]1CN(C)C[C@H]1Oc1cc(N2CC3CCC(C2)N3)c2c(n1)CC(c1c(F)cc(F)c3nc(N)sc13)CC2. The Labute approximate surface area is 230 Å². The smallest absolute Gasteiger partial charge is 0.215 e. The van der Waals surface area contributed by atoms with E-state index in [2.05, 4.69) is 33.2 Å². The van der Waals surface area contributed by atoms with Crippen LogP contribution in [0.3, 0.4) is 0 Å². The summed E-state index contributed by atoms with van der Waals surface area (Å²) < 4.78 is 42.5. The summed E-state index contributed by atoms with van der Waals surface area (Å²) >= 11 is 1.15. The number of hydrogen-bond donors (Lipinski definition) is 2. The monoisotopic (exact) mass is 556 g/mol. The number of rotatable bonds is 5. The molecule has 2 bridgehead atoms. The quantitative estimate of drug-likeness (QED) is 0.494. The van der Waals surface area contributed by atoms with Crippen LogP contribution in [-0.4, -0.2) is 79.5 Å². The van der Waals surface area contributed by atoms with E-state index in [0.29, 0.717) is 34.6 Å². The number of likely N-dealkylation sites (N-methyl/N-ethyl adjacent to an activating group) is 1. The molecular weight excluding hydrogens is 522 g/mol. The maximum atomic E-state index is 15.3. The summed E-state index contributed by atoms with van der Waals surface area (Å²) in [6.07, 6.45) is 4.30. The van der Waals surface area contributed by atoms with Crippen molar-refractivity contribution in [2.75, 3.05) is 51.0 Å². The van der Waals surface area contributed by atoms with E-state index in [9.17, 15) is 4.39 Å². The van der Waals surface area contributed by atoms with Gasteiger partial charge in [-0.05, 0) is 50.6 Å². The number of anilines is 2. The molecule has 2 aromatic heterocycles. The third kappa shape index (κ3) is 4.53. The first kappa shape index (κ1) is 25.4. The first-order valence-corrected chi connectivity index (χ1v) is 14.6. The normalized spacial score (nSPS) is 28.8. The molecule has 39 heavy (non-hydrogen) atoms. The first-order valence-electron chi connectivity index (χ1n) is 13.8. The molecule has 5 atom stereocenters. The van der Waals surface area contributed by atoms with Crippen LogP contribution in [0.25, 0.3) is 10.2 Å². The Balaban J connectivity index is 1.27. The number of ether oxygens (including phenoxy) is 2. The number of nitrogen functional groups attached to an aromatic ring is 1. The lowest BCUT2D eigenvalue weighted by molar-refractivity contribution is 0.0320. The van der Waals surface area contributed by atoms with Crippen LogP contribution >= 0.6 is 11.3 Å². The van der Waals surface area contributed by atoms with Gasteiger partial charge in [0.05, 0.1) is 10.4 Å². The van der Waals surface area contributed by atoms with Gasteiger partial charge in [0.1, 0.15) is 23.5 Å². The van der Waals surface area contributed by atoms with Gasteiger partial charge in [-0.15, -0.1) is 0 Å². The maximum absolute atomic E-state index is 15.3. The van der Waals surface area contributed by atoms with Crippen molar-refractivity contribution in [1.82, 2.24) is 20.2 Å². The molecule has 1 aromatic carbocycles. The first-order chi connectivity index (χ1) is 18.9. The minimum absolute atomic E-state index is 0.0301. The fraction of sp³-hybridized carbons (Fsp3) is 0.571. The van der Waals surface area contributed by atoms with Gasteiger partial charge in [0.25, 0.3) is 0 Å². The number of piperazine rings is 1. The summed E-state index contributed by atoms with van der Waals surface area (Å²) in [5.74, 6) is -0.779. The zero-order valence-corrected chi connectivity index (χ0v) is 23.1. The Morgan fingerprint density at radius 3 is 2.56 bits per heavy atom. The highest BCUT2D eigenvalue weighted by Gasteiger charge is 2.37. The maximum Gasteiger partial charge on any atom is 0.215 e. The van der Waals surface area contributed by atoms with E-state index in [1.807, 2.05) is 0 Å². The lowest BCUT2D eigenvalue weighted by Crippen LogP contribution is -2.51. The zero-order chi connectivity index (χ0) is 26.8. The van der Waals surface area contributed by atoms with Crippen LogP contribution in [0.5, 0.6) is 5.88 Å². The van der Waals surface area contributed by atoms with Crippen LogP contribution in [0, 0.1) is 11.6 Å². The van der Waals surface area contributed by atoms with Crippen LogP contribution < -0.4 is 20.7 Å². The molecular formula is C28H34F2N6O2S. The van der Waals surface area contributed by atoms with Crippen molar-refractivity contribution in [3.05, 3.63) is 40.6 Å². The number of halogens is 2. The van der Waals surface area contributed by atoms with Crippen molar-refractivity contribution >= 4 is 32.4 Å². The van der Waals surface area contributed by atoms with E-state index < -0.39 is 11.6 Å².